The number of piperidine rings is 1. The van der Waals surface area contributed by atoms with Crippen molar-refractivity contribution in [2.75, 3.05) is 19.8 Å². The predicted octanol–water partition coefficient (Wildman–Crippen LogP) is 2.64. The van der Waals surface area contributed by atoms with Gasteiger partial charge in [0, 0.05) is 13.1 Å². The maximum absolute atomic E-state index is 13.9. The van der Waals surface area contributed by atoms with Gasteiger partial charge in [0.05, 0.1) is 29.7 Å². The van der Waals surface area contributed by atoms with E-state index in [1.165, 1.54) is 12.3 Å². The minimum Gasteiger partial charge on any atom is -0.338 e. The topological polar surface area (TPSA) is 49.0 Å². The number of hydrogen-bond donors (Lipinski definition) is 1. The molecule has 3 atom stereocenters. The molecule has 1 saturated carbocycles. The van der Waals surface area contributed by atoms with E-state index in [0.29, 0.717) is 13.1 Å². The van der Waals surface area contributed by atoms with E-state index < -0.39 is 11.6 Å². The number of rotatable bonds is 3. The quantitative estimate of drug-likeness (QED) is 0.945. The fourth-order valence-corrected chi connectivity index (χ4v) is 3.59. The molecule has 2 aliphatic rings. The van der Waals surface area contributed by atoms with E-state index in [1.807, 2.05) is 0 Å². The van der Waals surface area contributed by atoms with Gasteiger partial charge in [0.25, 0.3) is 5.91 Å². The van der Waals surface area contributed by atoms with Gasteiger partial charge in [0.2, 0.25) is 0 Å². The van der Waals surface area contributed by atoms with Crippen molar-refractivity contribution in [3.63, 3.8) is 0 Å². The van der Waals surface area contributed by atoms with E-state index in [2.05, 4.69) is 10.2 Å². The van der Waals surface area contributed by atoms with Gasteiger partial charge in [-0.1, -0.05) is 6.07 Å². The maximum atomic E-state index is 13.9. The number of benzene rings is 1. The molecule has 4 nitrogen and oxygen atoms in total. The highest BCUT2D eigenvalue weighted by molar-refractivity contribution is 6.00. The normalized spacial score (nSPS) is 25.5. The molecule has 1 N–H and O–H groups in total. The molecule has 1 aromatic carbocycles. The molecule has 120 valence electrons. The second-order valence-electron chi connectivity index (χ2n) is 6.11. The smallest absolute Gasteiger partial charge is 0.257 e. The monoisotopic (exact) mass is 321 g/mol. The Labute approximate surface area is 130 Å². The van der Waals surface area contributed by atoms with Gasteiger partial charge in [-0.25, -0.2) is 8.78 Å². The molecule has 1 aliphatic carbocycles. The van der Waals surface area contributed by atoms with Crippen LogP contribution < -0.4 is 0 Å². The summed E-state index contributed by atoms with van der Waals surface area (Å²) in [5.41, 5.74) is -0.125. The Hall–Kier alpha value is -2.31. The van der Waals surface area contributed by atoms with Gasteiger partial charge in [-0.15, -0.1) is 0 Å². The van der Waals surface area contributed by atoms with Crippen molar-refractivity contribution in [3.8, 4) is 11.3 Å². The largest absolute Gasteiger partial charge is 0.338 e. The third-order valence-corrected chi connectivity index (χ3v) is 4.92. The minimum atomic E-state index is -0.759. The summed E-state index contributed by atoms with van der Waals surface area (Å²) in [6, 6.07) is 3.52. The Morgan fingerprint density at radius 1 is 1.26 bits per heavy atom. The van der Waals surface area contributed by atoms with E-state index in [9.17, 15) is 18.0 Å². The lowest BCUT2D eigenvalue weighted by Gasteiger charge is -2.19. The van der Waals surface area contributed by atoms with Crippen molar-refractivity contribution >= 4 is 5.91 Å². The van der Waals surface area contributed by atoms with Crippen molar-refractivity contribution in [1.82, 2.24) is 15.1 Å². The SMILES string of the molecule is O=C(c1cn[nH]c1-c1c(F)cccc1F)N1C[C@@H]2C(CF)[C@@H]2C1. The van der Waals surface area contributed by atoms with Crippen LogP contribution >= 0.6 is 0 Å². The van der Waals surface area contributed by atoms with Gasteiger partial charge in [-0.2, -0.15) is 5.10 Å². The lowest BCUT2D eigenvalue weighted by Crippen LogP contribution is -2.32. The molecule has 1 saturated heterocycles. The van der Waals surface area contributed by atoms with Gasteiger partial charge in [0.15, 0.2) is 0 Å². The van der Waals surface area contributed by atoms with Crippen LogP contribution in [0.2, 0.25) is 0 Å². The molecule has 7 heteroatoms. The molecule has 1 unspecified atom stereocenters. The average Bonchev–Trinajstić information content (AvgIpc) is 2.93. The van der Waals surface area contributed by atoms with E-state index in [-0.39, 0.29) is 47.2 Å². The number of H-pyrrole nitrogens is 1. The molecule has 1 aromatic heterocycles. The standard InChI is InChI=1S/C16H14F3N3O/c17-4-8-10-6-22(7-11(8)10)16(23)9-5-20-21-15(9)14-12(18)2-1-3-13(14)19/h1-3,5,8,10-11H,4,6-7H2,(H,20,21)/t8?,10-,11+. The second-order valence-corrected chi connectivity index (χ2v) is 6.11. The molecule has 0 bridgehead atoms. The number of amides is 1. The lowest BCUT2D eigenvalue weighted by molar-refractivity contribution is 0.0766. The molecule has 2 aromatic rings. The average molecular weight is 321 g/mol. The Kier molecular flexibility index (Phi) is 3.18. The van der Waals surface area contributed by atoms with Crippen LogP contribution in [-0.2, 0) is 0 Å². The van der Waals surface area contributed by atoms with Crippen molar-refractivity contribution in [1.29, 1.82) is 0 Å². The van der Waals surface area contributed by atoms with Crippen LogP contribution in [0.25, 0.3) is 11.3 Å². The van der Waals surface area contributed by atoms with Crippen LogP contribution in [-0.4, -0.2) is 40.8 Å². The predicted molar refractivity (Wildman–Crippen MR) is 76.3 cm³/mol. The number of carbonyl (C=O) groups excluding carboxylic acids is 1. The number of nitrogens with zero attached hydrogens (tertiary/aromatic N) is 2. The summed E-state index contributed by atoms with van der Waals surface area (Å²) in [6.07, 6.45) is 1.28. The zero-order valence-electron chi connectivity index (χ0n) is 12.1. The van der Waals surface area contributed by atoms with Gasteiger partial charge < -0.3 is 4.90 Å². The number of carbonyl (C=O) groups is 1. The fraction of sp³-hybridized carbons (Fsp3) is 0.375. The third-order valence-electron chi connectivity index (χ3n) is 4.92. The summed E-state index contributed by atoms with van der Waals surface area (Å²) >= 11 is 0. The zero-order chi connectivity index (χ0) is 16.1. The van der Waals surface area contributed by atoms with Crippen molar-refractivity contribution in [2.45, 2.75) is 0 Å². The molecule has 2 heterocycles. The first-order chi connectivity index (χ1) is 11.1. The number of aromatic amines is 1. The maximum Gasteiger partial charge on any atom is 0.257 e. The van der Waals surface area contributed by atoms with Crippen LogP contribution in [0, 0.1) is 29.4 Å². The minimum absolute atomic E-state index is 0.0354. The van der Waals surface area contributed by atoms with E-state index in [4.69, 9.17) is 0 Å². The number of likely N-dealkylation sites (tertiary alicyclic amines) is 1. The summed E-state index contributed by atoms with van der Waals surface area (Å²) in [4.78, 5) is 14.2. The summed E-state index contributed by atoms with van der Waals surface area (Å²) < 4.78 is 40.6. The Balaban J connectivity index is 1.62. The summed E-state index contributed by atoms with van der Waals surface area (Å²) in [5.74, 6) is -1.36. The first-order valence-corrected chi connectivity index (χ1v) is 7.44. The number of halogens is 3. The van der Waals surface area contributed by atoms with Crippen LogP contribution in [0.4, 0.5) is 13.2 Å². The number of hydrogen-bond acceptors (Lipinski definition) is 2. The molecule has 23 heavy (non-hydrogen) atoms. The second kappa shape index (κ2) is 5.11. The van der Waals surface area contributed by atoms with Crippen LogP contribution in [0.5, 0.6) is 0 Å². The van der Waals surface area contributed by atoms with E-state index in [1.54, 1.807) is 4.90 Å². The van der Waals surface area contributed by atoms with Crippen LogP contribution in [0.15, 0.2) is 24.4 Å². The summed E-state index contributed by atoms with van der Waals surface area (Å²) in [5, 5.41) is 6.28. The zero-order valence-corrected chi connectivity index (χ0v) is 12.1. The highest BCUT2D eigenvalue weighted by atomic mass is 19.1. The van der Waals surface area contributed by atoms with Crippen molar-refractivity contribution in [2.24, 2.45) is 17.8 Å². The first kappa shape index (κ1) is 14.3. The van der Waals surface area contributed by atoms with Gasteiger partial charge in [0.1, 0.15) is 11.6 Å². The lowest BCUT2D eigenvalue weighted by atomic mass is 10.1. The first-order valence-electron chi connectivity index (χ1n) is 7.44. The third kappa shape index (κ3) is 2.14. The van der Waals surface area contributed by atoms with Gasteiger partial charge in [-0.05, 0) is 29.9 Å². The van der Waals surface area contributed by atoms with E-state index >= 15 is 0 Å². The number of alkyl halides is 1. The number of fused-ring (bicyclic) bond motifs is 1. The number of aromatic nitrogens is 2. The Bertz CT molecular complexity index is 743. The molecule has 1 amide bonds. The van der Waals surface area contributed by atoms with Crippen molar-refractivity contribution < 1.29 is 18.0 Å². The molecular weight excluding hydrogens is 307 g/mol. The van der Waals surface area contributed by atoms with Crippen LogP contribution in [0.3, 0.4) is 0 Å². The van der Waals surface area contributed by atoms with Crippen LogP contribution in [0.1, 0.15) is 10.4 Å². The summed E-state index contributed by atoms with van der Waals surface area (Å²) in [7, 11) is 0. The fourth-order valence-electron chi connectivity index (χ4n) is 3.59. The highest BCUT2D eigenvalue weighted by Gasteiger charge is 2.56. The van der Waals surface area contributed by atoms with Gasteiger partial charge >= 0.3 is 0 Å². The van der Waals surface area contributed by atoms with E-state index in [0.717, 1.165) is 12.1 Å². The highest BCUT2D eigenvalue weighted by Crippen LogP contribution is 2.52. The summed E-state index contributed by atoms with van der Waals surface area (Å²) in [6.45, 7) is 0.625. The van der Waals surface area contributed by atoms with Crippen molar-refractivity contribution in [3.05, 3.63) is 41.6 Å². The Morgan fingerprint density at radius 3 is 2.52 bits per heavy atom. The Morgan fingerprint density at radius 2 is 1.91 bits per heavy atom. The number of nitrogens with one attached hydrogen (secondary N) is 1. The molecule has 0 radical (unpaired) electrons. The molecule has 2 fully saturated rings. The molecule has 1 aliphatic heterocycles. The molecular formula is C16H14F3N3O. The molecule has 0 spiro atoms. The van der Waals surface area contributed by atoms with Gasteiger partial charge in [-0.3, -0.25) is 14.3 Å². The molecule has 4 rings (SSSR count).